The summed E-state index contributed by atoms with van der Waals surface area (Å²) < 4.78 is 6.89. The predicted octanol–water partition coefficient (Wildman–Crippen LogP) is 6.08. The number of hydrogen-bond acceptors (Lipinski definition) is 2. The second-order valence-electron chi connectivity index (χ2n) is 5.28. The lowest BCUT2D eigenvalue weighted by Gasteiger charge is -2.01. The molecule has 0 radical (unpaired) electrons. The van der Waals surface area contributed by atoms with E-state index in [0.717, 1.165) is 27.2 Å². The molecule has 0 aliphatic rings. The molecule has 0 spiro atoms. The van der Waals surface area contributed by atoms with E-state index in [-0.39, 0.29) is 0 Å². The largest absolute Gasteiger partial charge is 0.455 e. The molecule has 0 bridgehead atoms. The van der Waals surface area contributed by atoms with Gasteiger partial charge in [0.15, 0.2) is 0 Å². The highest BCUT2D eigenvalue weighted by Gasteiger charge is 2.07. The van der Waals surface area contributed by atoms with Gasteiger partial charge in [0.25, 0.3) is 0 Å². The fourth-order valence-electron chi connectivity index (χ4n) is 2.16. The van der Waals surface area contributed by atoms with Gasteiger partial charge >= 0.3 is 0 Å². The highest BCUT2D eigenvalue weighted by molar-refractivity contribution is 9.10. The van der Waals surface area contributed by atoms with Crippen LogP contribution in [0.4, 0.5) is 5.69 Å². The Balaban J connectivity index is 1.83. The predicted molar refractivity (Wildman–Crippen MR) is 95.0 cm³/mol. The SMILES string of the molecule is Cc1ccc(N=Cc2ccc(-c3ccc(C)cc3Br)o2)cc1. The molecule has 2 nitrogen and oxygen atoms in total. The first-order chi connectivity index (χ1) is 10.6. The molecule has 0 N–H and O–H groups in total. The molecular formula is C19H16BrNO. The molecule has 0 amide bonds. The molecule has 3 aromatic rings. The van der Waals surface area contributed by atoms with Gasteiger partial charge in [-0.1, -0.05) is 39.7 Å². The summed E-state index contributed by atoms with van der Waals surface area (Å²) >= 11 is 3.58. The Hall–Kier alpha value is -2.13. The Bertz CT molecular complexity index is 816. The Labute approximate surface area is 138 Å². The molecular weight excluding hydrogens is 338 g/mol. The molecule has 0 atom stereocenters. The Kier molecular flexibility index (Phi) is 4.25. The van der Waals surface area contributed by atoms with E-state index in [0.29, 0.717) is 0 Å². The molecule has 0 unspecified atom stereocenters. The van der Waals surface area contributed by atoms with E-state index >= 15 is 0 Å². The van der Waals surface area contributed by atoms with E-state index in [1.54, 1.807) is 6.21 Å². The van der Waals surface area contributed by atoms with Crippen molar-refractivity contribution in [1.82, 2.24) is 0 Å². The van der Waals surface area contributed by atoms with Crippen molar-refractivity contribution >= 4 is 27.8 Å². The van der Waals surface area contributed by atoms with Crippen LogP contribution in [0.5, 0.6) is 0 Å². The number of rotatable bonds is 3. The van der Waals surface area contributed by atoms with E-state index < -0.39 is 0 Å². The van der Waals surface area contributed by atoms with Crippen molar-refractivity contribution in [2.75, 3.05) is 0 Å². The van der Waals surface area contributed by atoms with Gasteiger partial charge in [-0.3, -0.25) is 4.99 Å². The highest BCUT2D eigenvalue weighted by Crippen LogP contribution is 2.30. The van der Waals surface area contributed by atoms with Crippen LogP contribution in [0.15, 0.2) is 68.5 Å². The molecule has 0 aliphatic heterocycles. The van der Waals surface area contributed by atoms with Crippen LogP contribution >= 0.6 is 15.9 Å². The lowest BCUT2D eigenvalue weighted by atomic mass is 10.1. The molecule has 3 rings (SSSR count). The van der Waals surface area contributed by atoms with Gasteiger partial charge in [0.05, 0.1) is 11.9 Å². The van der Waals surface area contributed by atoms with Crippen molar-refractivity contribution in [3.05, 3.63) is 76.0 Å². The molecule has 0 saturated heterocycles. The van der Waals surface area contributed by atoms with E-state index in [2.05, 4.69) is 53.0 Å². The number of aryl methyl sites for hydroxylation is 2. The zero-order valence-corrected chi connectivity index (χ0v) is 14.1. The second-order valence-corrected chi connectivity index (χ2v) is 6.13. The Morgan fingerprint density at radius 2 is 1.64 bits per heavy atom. The molecule has 1 heterocycles. The van der Waals surface area contributed by atoms with Gasteiger partial charge in [-0.05, 0) is 55.8 Å². The van der Waals surface area contributed by atoms with Gasteiger partial charge in [-0.25, -0.2) is 0 Å². The summed E-state index contributed by atoms with van der Waals surface area (Å²) in [6.45, 7) is 4.13. The van der Waals surface area contributed by atoms with Crippen molar-refractivity contribution in [2.45, 2.75) is 13.8 Å². The van der Waals surface area contributed by atoms with E-state index in [1.807, 2.05) is 36.4 Å². The van der Waals surface area contributed by atoms with Crippen molar-refractivity contribution in [2.24, 2.45) is 4.99 Å². The molecule has 22 heavy (non-hydrogen) atoms. The maximum atomic E-state index is 5.86. The summed E-state index contributed by atoms with van der Waals surface area (Å²) in [5.41, 5.74) is 4.40. The highest BCUT2D eigenvalue weighted by atomic mass is 79.9. The topological polar surface area (TPSA) is 25.5 Å². The quantitative estimate of drug-likeness (QED) is 0.524. The van der Waals surface area contributed by atoms with E-state index in [4.69, 9.17) is 4.42 Å². The van der Waals surface area contributed by atoms with Crippen LogP contribution < -0.4 is 0 Å². The maximum absolute atomic E-state index is 5.86. The number of hydrogen-bond donors (Lipinski definition) is 0. The monoisotopic (exact) mass is 353 g/mol. The molecule has 0 saturated carbocycles. The Morgan fingerprint density at radius 3 is 2.36 bits per heavy atom. The van der Waals surface area contributed by atoms with Crippen LogP contribution in [0.25, 0.3) is 11.3 Å². The fourth-order valence-corrected chi connectivity index (χ4v) is 2.84. The van der Waals surface area contributed by atoms with Crippen LogP contribution in [0.3, 0.4) is 0 Å². The first-order valence-electron chi connectivity index (χ1n) is 7.09. The minimum atomic E-state index is 0.739. The number of furan rings is 1. The minimum Gasteiger partial charge on any atom is -0.455 e. The zero-order valence-electron chi connectivity index (χ0n) is 12.5. The standard InChI is InChI=1S/C19H16BrNO/c1-13-3-6-15(7-4-13)21-12-16-8-10-19(22-16)17-9-5-14(2)11-18(17)20/h3-12H,1-2H3. The third-order valence-electron chi connectivity index (χ3n) is 3.39. The summed E-state index contributed by atoms with van der Waals surface area (Å²) in [7, 11) is 0. The van der Waals surface area contributed by atoms with Crippen LogP contribution in [0.1, 0.15) is 16.9 Å². The molecule has 0 fully saturated rings. The van der Waals surface area contributed by atoms with Gasteiger partial charge in [0.2, 0.25) is 0 Å². The zero-order chi connectivity index (χ0) is 15.5. The normalized spacial score (nSPS) is 11.2. The molecule has 2 aromatic carbocycles. The van der Waals surface area contributed by atoms with Crippen molar-refractivity contribution < 1.29 is 4.42 Å². The average molecular weight is 354 g/mol. The van der Waals surface area contributed by atoms with Crippen LogP contribution in [-0.4, -0.2) is 6.21 Å². The van der Waals surface area contributed by atoms with Crippen molar-refractivity contribution in [1.29, 1.82) is 0 Å². The van der Waals surface area contributed by atoms with Crippen LogP contribution in [0.2, 0.25) is 0 Å². The number of nitrogens with zero attached hydrogens (tertiary/aromatic N) is 1. The van der Waals surface area contributed by atoms with Crippen LogP contribution in [-0.2, 0) is 0 Å². The molecule has 3 heteroatoms. The van der Waals surface area contributed by atoms with E-state index in [1.165, 1.54) is 11.1 Å². The number of aliphatic imine (C=N–C) groups is 1. The molecule has 110 valence electrons. The average Bonchev–Trinajstić information content (AvgIpc) is 2.95. The van der Waals surface area contributed by atoms with Crippen LogP contribution in [0, 0.1) is 13.8 Å². The van der Waals surface area contributed by atoms with Gasteiger partial charge in [0.1, 0.15) is 11.5 Å². The third kappa shape index (κ3) is 3.37. The van der Waals surface area contributed by atoms with E-state index in [9.17, 15) is 0 Å². The van der Waals surface area contributed by atoms with Gasteiger partial charge in [-0.15, -0.1) is 0 Å². The van der Waals surface area contributed by atoms with Crippen molar-refractivity contribution in [3.63, 3.8) is 0 Å². The van der Waals surface area contributed by atoms with Gasteiger partial charge in [-0.2, -0.15) is 0 Å². The summed E-state index contributed by atoms with van der Waals surface area (Å²) in [5, 5.41) is 0. The smallest absolute Gasteiger partial charge is 0.145 e. The lowest BCUT2D eigenvalue weighted by molar-refractivity contribution is 0.575. The molecule has 0 aliphatic carbocycles. The van der Waals surface area contributed by atoms with Gasteiger partial charge < -0.3 is 4.42 Å². The summed E-state index contributed by atoms with van der Waals surface area (Å²) in [6.07, 6.45) is 1.75. The first kappa shape index (κ1) is 14.8. The summed E-state index contributed by atoms with van der Waals surface area (Å²) in [4.78, 5) is 4.43. The summed E-state index contributed by atoms with van der Waals surface area (Å²) in [5.74, 6) is 1.57. The Morgan fingerprint density at radius 1 is 0.909 bits per heavy atom. The number of benzene rings is 2. The second kappa shape index (κ2) is 6.32. The fraction of sp³-hybridized carbons (Fsp3) is 0.105. The lowest BCUT2D eigenvalue weighted by Crippen LogP contribution is -1.79. The number of halogens is 1. The third-order valence-corrected chi connectivity index (χ3v) is 4.05. The molecule has 1 aromatic heterocycles. The van der Waals surface area contributed by atoms with Crippen molar-refractivity contribution in [3.8, 4) is 11.3 Å². The first-order valence-corrected chi connectivity index (χ1v) is 7.88. The minimum absolute atomic E-state index is 0.739. The summed E-state index contributed by atoms with van der Waals surface area (Å²) in [6, 6.07) is 18.2. The van der Waals surface area contributed by atoms with Gasteiger partial charge in [0, 0.05) is 10.0 Å². The maximum Gasteiger partial charge on any atom is 0.145 e.